The smallest absolute Gasteiger partial charge is 0.389 e. The summed E-state index contributed by atoms with van der Waals surface area (Å²) in [6.45, 7) is 0.492. The van der Waals surface area contributed by atoms with Gasteiger partial charge in [0.25, 0.3) is 0 Å². The molecule has 8 heteroatoms. The molecule has 0 aliphatic rings. The monoisotopic (exact) mass is 374 g/mol. The molecule has 136 valence electrons. The van der Waals surface area contributed by atoms with Crippen molar-refractivity contribution in [3.63, 3.8) is 0 Å². The van der Waals surface area contributed by atoms with E-state index in [0.29, 0.717) is 6.92 Å². The van der Waals surface area contributed by atoms with Crippen molar-refractivity contribution in [3.8, 4) is 0 Å². The molecule has 0 aromatic heterocycles. The molecule has 1 unspecified atom stereocenters. The van der Waals surface area contributed by atoms with Crippen LogP contribution in [-0.4, -0.2) is 36.5 Å². The number of hydrogen-bond donors (Lipinski definition) is 2. The van der Waals surface area contributed by atoms with Gasteiger partial charge >= 0.3 is 6.18 Å². The van der Waals surface area contributed by atoms with Crippen LogP contribution in [0.15, 0.2) is 64.4 Å². The first-order valence-corrected chi connectivity index (χ1v) is 8.81. The third kappa shape index (κ3) is 4.02. The molecule has 0 heterocycles. The first-order chi connectivity index (χ1) is 11.5. The Morgan fingerprint density at radius 1 is 0.960 bits per heavy atom. The van der Waals surface area contributed by atoms with Crippen LogP contribution < -0.4 is 0 Å². The van der Waals surface area contributed by atoms with E-state index in [1.54, 1.807) is 18.2 Å². The summed E-state index contributed by atoms with van der Waals surface area (Å²) >= 11 is 0. The summed E-state index contributed by atoms with van der Waals surface area (Å²) in [6, 6.07) is 12.8. The second-order valence-corrected chi connectivity index (χ2v) is 7.78. The molecule has 2 N–H and O–H groups in total. The third-order valence-corrected chi connectivity index (χ3v) is 5.72. The Morgan fingerprint density at radius 3 is 1.92 bits per heavy atom. The van der Waals surface area contributed by atoms with E-state index in [1.807, 2.05) is 0 Å². The highest BCUT2D eigenvalue weighted by Crippen LogP contribution is 2.34. The molecule has 0 radical (unpaired) electrons. The second-order valence-electron chi connectivity index (χ2n) is 5.83. The number of rotatable bonds is 5. The van der Waals surface area contributed by atoms with Crippen molar-refractivity contribution in [2.75, 3.05) is 0 Å². The third-order valence-electron chi connectivity index (χ3n) is 3.94. The van der Waals surface area contributed by atoms with Gasteiger partial charge in [-0.05, 0) is 36.8 Å². The molecule has 2 aromatic carbocycles. The maximum absolute atomic E-state index is 12.7. The number of halogens is 3. The van der Waals surface area contributed by atoms with Gasteiger partial charge < -0.3 is 10.2 Å². The van der Waals surface area contributed by atoms with Crippen molar-refractivity contribution < 1.29 is 31.8 Å². The zero-order chi connectivity index (χ0) is 18.9. The molecule has 4 nitrogen and oxygen atoms in total. The van der Waals surface area contributed by atoms with Crippen molar-refractivity contribution in [2.24, 2.45) is 0 Å². The number of aliphatic hydroxyl groups excluding tert-OH is 1. The molecule has 0 spiro atoms. The lowest BCUT2D eigenvalue weighted by Crippen LogP contribution is -2.52. The lowest BCUT2D eigenvalue weighted by atomic mass is 9.93. The summed E-state index contributed by atoms with van der Waals surface area (Å²) in [5, 5.41) is 19.1. The van der Waals surface area contributed by atoms with Gasteiger partial charge in [0.15, 0.2) is 5.60 Å². The van der Waals surface area contributed by atoms with Crippen molar-refractivity contribution in [2.45, 2.75) is 41.0 Å². The summed E-state index contributed by atoms with van der Waals surface area (Å²) < 4.78 is 63.0. The molecule has 0 amide bonds. The van der Waals surface area contributed by atoms with E-state index in [1.165, 1.54) is 36.4 Å². The fourth-order valence-corrected chi connectivity index (χ4v) is 3.43. The van der Waals surface area contributed by atoms with Crippen LogP contribution in [0.2, 0.25) is 0 Å². The normalized spacial score (nSPS) is 16.2. The molecule has 0 saturated carbocycles. The Labute approximate surface area is 143 Å². The highest BCUT2D eigenvalue weighted by atomic mass is 32.2. The summed E-state index contributed by atoms with van der Waals surface area (Å²) in [4.78, 5) is 0.0855. The first kappa shape index (κ1) is 19.4. The van der Waals surface area contributed by atoms with E-state index < -0.39 is 34.1 Å². The van der Waals surface area contributed by atoms with Crippen LogP contribution in [0, 0.1) is 0 Å². The zero-order valence-corrected chi connectivity index (χ0v) is 14.1. The lowest BCUT2D eigenvalue weighted by molar-refractivity contribution is -0.282. The van der Waals surface area contributed by atoms with Crippen LogP contribution in [0.5, 0.6) is 0 Å². The fraction of sp³-hybridized carbons (Fsp3) is 0.294. The summed E-state index contributed by atoms with van der Waals surface area (Å²) in [5.41, 5.74) is -2.99. The molecule has 0 aliphatic heterocycles. The van der Waals surface area contributed by atoms with Crippen molar-refractivity contribution >= 4 is 9.84 Å². The van der Waals surface area contributed by atoms with Crippen molar-refractivity contribution in [1.82, 2.24) is 0 Å². The van der Waals surface area contributed by atoms with Gasteiger partial charge in [0.1, 0.15) is 0 Å². The predicted octanol–water partition coefficient (Wildman–Crippen LogP) is 2.74. The quantitative estimate of drug-likeness (QED) is 0.844. The van der Waals surface area contributed by atoms with Gasteiger partial charge in [-0.3, -0.25) is 0 Å². The number of aliphatic hydroxyl groups is 2. The standard InChI is InChI=1S/C17H17F3O4S/c1-16(22,17(18,19)20)15(21)11-12-7-9-14(10-8-12)25(23,24)13-5-3-2-4-6-13/h2-10,15,21-22H,11H2,1H3/t15?,16-/m0/s1. The van der Waals surface area contributed by atoms with Gasteiger partial charge in [-0.15, -0.1) is 0 Å². The highest BCUT2D eigenvalue weighted by molar-refractivity contribution is 7.91. The van der Waals surface area contributed by atoms with Gasteiger partial charge in [-0.1, -0.05) is 30.3 Å². The molecular formula is C17H17F3O4S. The van der Waals surface area contributed by atoms with Crippen LogP contribution in [0.1, 0.15) is 12.5 Å². The van der Waals surface area contributed by atoms with E-state index in [0.717, 1.165) is 0 Å². The first-order valence-electron chi connectivity index (χ1n) is 7.32. The lowest BCUT2D eigenvalue weighted by Gasteiger charge is -2.31. The van der Waals surface area contributed by atoms with Gasteiger partial charge in [0.2, 0.25) is 9.84 Å². The predicted molar refractivity (Wildman–Crippen MR) is 84.7 cm³/mol. The number of benzene rings is 2. The fourth-order valence-electron chi connectivity index (χ4n) is 2.15. The van der Waals surface area contributed by atoms with E-state index in [9.17, 15) is 31.8 Å². The number of alkyl halides is 3. The SMILES string of the molecule is C[C@](O)(C(O)Cc1ccc(S(=O)(=O)c2ccccc2)cc1)C(F)(F)F. The van der Waals surface area contributed by atoms with Crippen LogP contribution in [-0.2, 0) is 16.3 Å². The minimum absolute atomic E-state index is 0.0143. The Kier molecular flexibility index (Phi) is 5.27. The molecule has 0 fully saturated rings. The Balaban J connectivity index is 2.21. The van der Waals surface area contributed by atoms with Crippen molar-refractivity contribution in [3.05, 3.63) is 60.2 Å². The average molecular weight is 374 g/mol. The minimum Gasteiger partial charge on any atom is -0.389 e. The van der Waals surface area contributed by atoms with Gasteiger partial charge in [-0.2, -0.15) is 13.2 Å². The Bertz CT molecular complexity index is 813. The maximum Gasteiger partial charge on any atom is 0.419 e. The number of hydrogen-bond acceptors (Lipinski definition) is 4. The Hall–Kier alpha value is -1.90. The van der Waals surface area contributed by atoms with Crippen LogP contribution in [0.3, 0.4) is 0 Å². The molecule has 25 heavy (non-hydrogen) atoms. The topological polar surface area (TPSA) is 74.6 Å². The van der Waals surface area contributed by atoms with Gasteiger partial charge in [-0.25, -0.2) is 8.42 Å². The summed E-state index contributed by atoms with van der Waals surface area (Å²) in [7, 11) is -3.73. The molecule has 0 bridgehead atoms. The van der Waals surface area contributed by atoms with Crippen LogP contribution in [0.4, 0.5) is 13.2 Å². The maximum atomic E-state index is 12.7. The molecule has 2 rings (SSSR count). The largest absolute Gasteiger partial charge is 0.419 e. The highest BCUT2D eigenvalue weighted by Gasteiger charge is 2.54. The second kappa shape index (κ2) is 6.78. The van der Waals surface area contributed by atoms with E-state index >= 15 is 0 Å². The van der Waals surface area contributed by atoms with E-state index in [2.05, 4.69) is 0 Å². The molecule has 2 aromatic rings. The minimum atomic E-state index is -4.98. The number of sulfone groups is 1. The summed E-state index contributed by atoms with van der Waals surface area (Å²) in [5.74, 6) is 0. The van der Waals surface area contributed by atoms with Gasteiger partial charge in [0, 0.05) is 6.42 Å². The molecule has 0 saturated heterocycles. The van der Waals surface area contributed by atoms with E-state index in [4.69, 9.17) is 0 Å². The zero-order valence-electron chi connectivity index (χ0n) is 13.2. The molecule has 0 aliphatic carbocycles. The average Bonchev–Trinajstić information content (AvgIpc) is 2.55. The van der Waals surface area contributed by atoms with E-state index in [-0.39, 0.29) is 15.4 Å². The Morgan fingerprint density at radius 2 is 1.44 bits per heavy atom. The molecular weight excluding hydrogens is 357 g/mol. The van der Waals surface area contributed by atoms with Crippen molar-refractivity contribution in [1.29, 1.82) is 0 Å². The van der Waals surface area contributed by atoms with Gasteiger partial charge in [0.05, 0.1) is 15.9 Å². The molecule has 2 atom stereocenters. The van der Waals surface area contributed by atoms with Crippen LogP contribution >= 0.6 is 0 Å². The van der Waals surface area contributed by atoms with Crippen LogP contribution in [0.25, 0.3) is 0 Å². The summed E-state index contributed by atoms with van der Waals surface area (Å²) in [6.07, 6.45) is -7.54.